The summed E-state index contributed by atoms with van der Waals surface area (Å²) in [5.41, 5.74) is 2.32. The molecule has 19 heavy (non-hydrogen) atoms. The molecule has 2 aromatic heterocycles. The summed E-state index contributed by atoms with van der Waals surface area (Å²) in [5, 5.41) is 2.54. The monoisotopic (exact) mass is 274 g/mol. The smallest absolute Gasteiger partial charge is 0.159 e. The van der Waals surface area contributed by atoms with Crippen molar-refractivity contribution < 1.29 is 8.78 Å². The average molecular weight is 274 g/mol. The first kappa shape index (κ1) is 11.9. The quantitative estimate of drug-likeness (QED) is 0.701. The van der Waals surface area contributed by atoms with Crippen molar-refractivity contribution in [3.63, 3.8) is 0 Å². The van der Waals surface area contributed by atoms with Crippen LogP contribution in [-0.4, -0.2) is 9.97 Å². The Morgan fingerprint density at radius 2 is 1.68 bits per heavy atom. The van der Waals surface area contributed by atoms with E-state index in [1.54, 1.807) is 12.4 Å². The summed E-state index contributed by atoms with van der Waals surface area (Å²) in [6.07, 6.45) is 3.37. The third-order valence-electron chi connectivity index (χ3n) is 2.65. The van der Waals surface area contributed by atoms with Gasteiger partial charge in [0.25, 0.3) is 0 Å². The minimum absolute atomic E-state index is 0.573. The highest BCUT2D eigenvalue weighted by atomic mass is 32.1. The number of aromatic nitrogens is 2. The zero-order chi connectivity index (χ0) is 13.2. The Kier molecular flexibility index (Phi) is 3.05. The second kappa shape index (κ2) is 4.85. The second-order valence-corrected chi connectivity index (χ2v) is 4.76. The van der Waals surface area contributed by atoms with E-state index >= 15 is 0 Å². The molecule has 0 saturated carbocycles. The molecule has 0 fully saturated rings. The van der Waals surface area contributed by atoms with Gasteiger partial charge in [-0.2, -0.15) is 0 Å². The molecule has 0 radical (unpaired) electrons. The molecule has 0 N–H and O–H groups in total. The number of pyridine rings is 1. The van der Waals surface area contributed by atoms with E-state index in [1.165, 1.54) is 17.4 Å². The molecule has 3 aromatic rings. The van der Waals surface area contributed by atoms with Crippen molar-refractivity contribution >= 4 is 11.3 Å². The summed E-state index contributed by atoms with van der Waals surface area (Å²) in [4.78, 5) is 8.36. The predicted molar refractivity (Wildman–Crippen MR) is 70.7 cm³/mol. The SMILES string of the molecule is Fc1ccc(-c2nc(-c3ccncc3)cs2)cc1F. The van der Waals surface area contributed by atoms with Gasteiger partial charge in [-0.15, -0.1) is 11.3 Å². The summed E-state index contributed by atoms with van der Waals surface area (Å²) >= 11 is 1.39. The molecule has 0 unspecified atom stereocenters. The van der Waals surface area contributed by atoms with Crippen LogP contribution in [0.25, 0.3) is 21.8 Å². The van der Waals surface area contributed by atoms with E-state index in [4.69, 9.17) is 0 Å². The molecule has 94 valence electrons. The predicted octanol–water partition coefficient (Wildman–Crippen LogP) is 4.15. The number of halogens is 2. The molecule has 0 spiro atoms. The molecular formula is C14H8F2N2S. The fraction of sp³-hybridized carbons (Fsp3) is 0. The molecule has 0 atom stereocenters. The third kappa shape index (κ3) is 2.37. The van der Waals surface area contributed by atoms with Crippen LogP contribution in [0.3, 0.4) is 0 Å². The van der Waals surface area contributed by atoms with E-state index in [0.29, 0.717) is 10.6 Å². The molecule has 0 aliphatic carbocycles. The van der Waals surface area contributed by atoms with Crippen molar-refractivity contribution in [2.24, 2.45) is 0 Å². The third-order valence-corrected chi connectivity index (χ3v) is 3.54. The maximum atomic E-state index is 13.2. The van der Waals surface area contributed by atoms with Crippen LogP contribution in [0.15, 0.2) is 48.1 Å². The van der Waals surface area contributed by atoms with Crippen LogP contribution in [0, 0.1) is 11.6 Å². The maximum Gasteiger partial charge on any atom is 0.159 e. The van der Waals surface area contributed by atoms with Crippen molar-refractivity contribution in [1.29, 1.82) is 0 Å². The Bertz CT molecular complexity index is 710. The average Bonchev–Trinajstić information content (AvgIpc) is 2.93. The maximum absolute atomic E-state index is 13.2. The molecular weight excluding hydrogens is 266 g/mol. The first-order valence-corrected chi connectivity index (χ1v) is 6.43. The standard InChI is InChI=1S/C14H8F2N2S/c15-11-2-1-10(7-12(11)16)14-18-13(8-19-14)9-3-5-17-6-4-9/h1-8H. The number of hydrogen-bond acceptors (Lipinski definition) is 3. The molecule has 2 heterocycles. The summed E-state index contributed by atoms with van der Waals surface area (Å²) in [6.45, 7) is 0. The lowest BCUT2D eigenvalue weighted by Gasteiger charge is -1.98. The van der Waals surface area contributed by atoms with Crippen LogP contribution < -0.4 is 0 Å². The van der Waals surface area contributed by atoms with Gasteiger partial charge >= 0.3 is 0 Å². The Hall–Kier alpha value is -2.14. The molecule has 0 amide bonds. The zero-order valence-corrected chi connectivity index (χ0v) is 10.5. The van der Waals surface area contributed by atoms with Gasteiger partial charge in [0.05, 0.1) is 5.69 Å². The van der Waals surface area contributed by atoms with Crippen LogP contribution in [0.2, 0.25) is 0 Å². The van der Waals surface area contributed by atoms with Crippen molar-refractivity contribution in [2.45, 2.75) is 0 Å². The Labute approximate surface area is 112 Å². The Balaban J connectivity index is 1.99. The number of benzene rings is 1. The molecule has 0 bridgehead atoms. The fourth-order valence-electron chi connectivity index (χ4n) is 1.69. The highest BCUT2D eigenvalue weighted by Gasteiger charge is 2.09. The van der Waals surface area contributed by atoms with E-state index in [0.717, 1.165) is 23.4 Å². The van der Waals surface area contributed by atoms with Gasteiger partial charge in [0, 0.05) is 28.9 Å². The van der Waals surface area contributed by atoms with Gasteiger partial charge in [-0.25, -0.2) is 13.8 Å². The van der Waals surface area contributed by atoms with E-state index in [9.17, 15) is 8.78 Å². The lowest BCUT2D eigenvalue weighted by atomic mass is 10.2. The fourth-order valence-corrected chi connectivity index (χ4v) is 2.52. The highest BCUT2D eigenvalue weighted by molar-refractivity contribution is 7.13. The van der Waals surface area contributed by atoms with Crippen LogP contribution in [0.1, 0.15) is 0 Å². The summed E-state index contributed by atoms with van der Waals surface area (Å²) < 4.78 is 26.1. The lowest BCUT2D eigenvalue weighted by Crippen LogP contribution is -1.85. The van der Waals surface area contributed by atoms with Crippen molar-refractivity contribution in [1.82, 2.24) is 9.97 Å². The summed E-state index contributed by atoms with van der Waals surface area (Å²) in [5.74, 6) is -1.71. The zero-order valence-electron chi connectivity index (χ0n) is 9.68. The second-order valence-electron chi connectivity index (χ2n) is 3.90. The van der Waals surface area contributed by atoms with Crippen LogP contribution in [0.5, 0.6) is 0 Å². The largest absolute Gasteiger partial charge is 0.265 e. The summed E-state index contributed by atoms with van der Waals surface area (Å²) in [6, 6.07) is 7.49. The molecule has 1 aromatic carbocycles. The van der Waals surface area contributed by atoms with Crippen LogP contribution in [0.4, 0.5) is 8.78 Å². The van der Waals surface area contributed by atoms with Gasteiger partial charge in [-0.3, -0.25) is 4.98 Å². The van der Waals surface area contributed by atoms with Gasteiger partial charge in [0.15, 0.2) is 11.6 Å². The molecule has 0 saturated heterocycles. The van der Waals surface area contributed by atoms with Gasteiger partial charge in [0.2, 0.25) is 0 Å². The lowest BCUT2D eigenvalue weighted by molar-refractivity contribution is 0.509. The minimum Gasteiger partial charge on any atom is -0.265 e. The number of thiazole rings is 1. The van der Waals surface area contributed by atoms with Gasteiger partial charge in [-0.1, -0.05) is 0 Å². The van der Waals surface area contributed by atoms with Crippen molar-refractivity contribution in [3.8, 4) is 21.8 Å². The first-order chi connectivity index (χ1) is 9.24. The topological polar surface area (TPSA) is 25.8 Å². The normalized spacial score (nSPS) is 10.6. The van der Waals surface area contributed by atoms with E-state index in [2.05, 4.69) is 9.97 Å². The number of hydrogen-bond donors (Lipinski definition) is 0. The van der Waals surface area contributed by atoms with Gasteiger partial charge < -0.3 is 0 Å². The number of nitrogens with zero attached hydrogens (tertiary/aromatic N) is 2. The number of rotatable bonds is 2. The van der Waals surface area contributed by atoms with Crippen LogP contribution >= 0.6 is 11.3 Å². The Morgan fingerprint density at radius 3 is 2.42 bits per heavy atom. The molecule has 0 aliphatic rings. The molecule has 3 rings (SSSR count). The summed E-state index contributed by atoms with van der Waals surface area (Å²) in [7, 11) is 0. The minimum atomic E-state index is -0.863. The Morgan fingerprint density at radius 1 is 0.895 bits per heavy atom. The molecule has 5 heteroatoms. The van der Waals surface area contributed by atoms with Crippen molar-refractivity contribution in [2.75, 3.05) is 0 Å². The van der Waals surface area contributed by atoms with E-state index < -0.39 is 11.6 Å². The first-order valence-electron chi connectivity index (χ1n) is 5.55. The van der Waals surface area contributed by atoms with Crippen molar-refractivity contribution in [3.05, 3.63) is 59.7 Å². The van der Waals surface area contributed by atoms with Crippen LogP contribution in [-0.2, 0) is 0 Å². The van der Waals surface area contributed by atoms with E-state index in [1.807, 2.05) is 17.5 Å². The molecule has 2 nitrogen and oxygen atoms in total. The van der Waals surface area contributed by atoms with E-state index in [-0.39, 0.29) is 0 Å². The van der Waals surface area contributed by atoms with Gasteiger partial charge in [-0.05, 0) is 30.3 Å². The molecule has 0 aliphatic heterocycles. The highest BCUT2D eigenvalue weighted by Crippen LogP contribution is 2.29. The van der Waals surface area contributed by atoms with Gasteiger partial charge in [0.1, 0.15) is 5.01 Å².